The number of hydrogen-bond donors (Lipinski definition) is 1. The minimum absolute atomic E-state index is 0.00890. The maximum Gasteiger partial charge on any atom is 0.248 e. The van der Waals surface area contributed by atoms with E-state index >= 15 is 0 Å². The van der Waals surface area contributed by atoms with E-state index in [1.165, 1.54) is 28.2 Å². The van der Waals surface area contributed by atoms with Crippen LogP contribution in [0.5, 0.6) is 0 Å². The van der Waals surface area contributed by atoms with Crippen LogP contribution in [0.1, 0.15) is 11.3 Å². The van der Waals surface area contributed by atoms with E-state index in [0.717, 1.165) is 0 Å². The van der Waals surface area contributed by atoms with Gasteiger partial charge in [0.25, 0.3) is 0 Å². The molecule has 0 bridgehead atoms. The normalized spacial score (nSPS) is 12.0. The third kappa shape index (κ3) is 2.91. The van der Waals surface area contributed by atoms with Crippen molar-refractivity contribution in [2.45, 2.75) is 18.4 Å². The summed E-state index contributed by atoms with van der Waals surface area (Å²) in [5.41, 5.74) is 6.85. The third-order valence-corrected chi connectivity index (χ3v) is 5.26. The number of anilines is 1. The lowest BCUT2D eigenvalue weighted by molar-refractivity contribution is 0.466. The van der Waals surface area contributed by atoms with Crippen molar-refractivity contribution >= 4 is 15.8 Å². The molecule has 0 amide bonds. The average molecular weight is 312 g/mol. The summed E-state index contributed by atoms with van der Waals surface area (Å²) in [6.07, 6.45) is 0. The maximum atomic E-state index is 12.9. The van der Waals surface area contributed by atoms with Gasteiger partial charge < -0.3 is 5.73 Å². The molecule has 0 saturated carbocycles. The van der Waals surface area contributed by atoms with Crippen LogP contribution in [0.4, 0.5) is 10.2 Å². The van der Waals surface area contributed by atoms with Gasteiger partial charge in [0, 0.05) is 20.6 Å². The first-order valence-electron chi connectivity index (χ1n) is 6.23. The maximum absolute atomic E-state index is 12.9. The number of benzene rings is 1. The fourth-order valence-electron chi connectivity index (χ4n) is 2.02. The Balaban J connectivity index is 2.32. The molecule has 21 heavy (non-hydrogen) atoms. The second kappa shape index (κ2) is 5.45. The lowest BCUT2D eigenvalue weighted by atomic mass is 10.2. The molecule has 0 unspecified atom stereocenters. The number of halogens is 1. The Morgan fingerprint density at radius 3 is 2.38 bits per heavy atom. The second-order valence-corrected chi connectivity index (χ2v) is 6.79. The first-order chi connectivity index (χ1) is 9.73. The lowest BCUT2D eigenvalue weighted by Crippen LogP contribution is -2.27. The van der Waals surface area contributed by atoms with Crippen LogP contribution >= 0.6 is 0 Å². The Morgan fingerprint density at radius 2 is 1.90 bits per heavy atom. The number of sulfonamides is 1. The monoisotopic (exact) mass is 312 g/mol. The quantitative estimate of drug-likeness (QED) is 0.922. The topological polar surface area (TPSA) is 81.2 Å². The lowest BCUT2D eigenvalue weighted by Gasteiger charge is -2.17. The van der Waals surface area contributed by atoms with Crippen molar-refractivity contribution < 1.29 is 12.8 Å². The van der Waals surface area contributed by atoms with Crippen molar-refractivity contribution in [3.05, 3.63) is 41.3 Å². The number of nitrogens with zero attached hydrogens (tertiary/aromatic N) is 3. The van der Waals surface area contributed by atoms with E-state index in [1.54, 1.807) is 26.1 Å². The van der Waals surface area contributed by atoms with E-state index in [9.17, 15) is 12.8 Å². The molecular formula is C13H17FN4O2S. The molecule has 0 aliphatic heterocycles. The Hall–Kier alpha value is -1.93. The second-order valence-electron chi connectivity index (χ2n) is 4.81. The van der Waals surface area contributed by atoms with Crippen molar-refractivity contribution in [3.8, 4) is 0 Å². The highest BCUT2D eigenvalue weighted by Gasteiger charge is 2.28. The van der Waals surface area contributed by atoms with Crippen LogP contribution in [0.25, 0.3) is 0 Å². The zero-order valence-corrected chi connectivity index (χ0v) is 12.9. The summed E-state index contributed by atoms with van der Waals surface area (Å²) in [6.45, 7) is 1.76. The molecular weight excluding hydrogens is 295 g/mol. The van der Waals surface area contributed by atoms with Gasteiger partial charge in [0.2, 0.25) is 10.0 Å². The fraction of sp³-hybridized carbons (Fsp3) is 0.308. The zero-order chi connectivity index (χ0) is 15.8. The number of hydrogen-bond acceptors (Lipinski definition) is 4. The molecule has 2 N–H and O–H groups in total. The van der Waals surface area contributed by atoms with Gasteiger partial charge in [-0.25, -0.2) is 12.8 Å². The highest BCUT2D eigenvalue weighted by Crippen LogP contribution is 2.25. The Bertz CT molecular complexity index is 753. The summed E-state index contributed by atoms with van der Waals surface area (Å²) in [4.78, 5) is 0.00890. The minimum Gasteiger partial charge on any atom is -0.381 e. The van der Waals surface area contributed by atoms with Crippen molar-refractivity contribution in [1.82, 2.24) is 14.1 Å². The Kier molecular flexibility index (Phi) is 4.02. The minimum atomic E-state index is -3.76. The van der Waals surface area contributed by atoms with E-state index in [-0.39, 0.29) is 23.1 Å². The predicted octanol–water partition coefficient (Wildman–Crippen LogP) is 1.27. The van der Waals surface area contributed by atoms with Crippen molar-refractivity contribution in [1.29, 1.82) is 0 Å². The molecule has 6 nitrogen and oxygen atoms in total. The molecule has 2 rings (SSSR count). The van der Waals surface area contributed by atoms with Crippen LogP contribution in [-0.4, -0.2) is 29.6 Å². The average Bonchev–Trinajstić information content (AvgIpc) is 2.66. The van der Waals surface area contributed by atoms with Gasteiger partial charge in [0.05, 0.1) is 5.69 Å². The highest BCUT2D eigenvalue weighted by molar-refractivity contribution is 7.89. The first-order valence-corrected chi connectivity index (χ1v) is 7.67. The molecule has 0 aliphatic rings. The molecule has 8 heteroatoms. The number of rotatable bonds is 4. The molecule has 1 aromatic heterocycles. The van der Waals surface area contributed by atoms with Crippen LogP contribution in [0.15, 0.2) is 29.2 Å². The van der Waals surface area contributed by atoms with Gasteiger partial charge >= 0.3 is 0 Å². The zero-order valence-electron chi connectivity index (χ0n) is 12.0. The molecule has 0 radical (unpaired) electrons. The van der Waals surface area contributed by atoms with Gasteiger partial charge in [-0.15, -0.1) is 0 Å². The van der Waals surface area contributed by atoms with Gasteiger partial charge in [0.15, 0.2) is 5.82 Å². The summed E-state index contributed by atoms with van der Waals surface area (Å²) in [6, 6.07) is 5.67. The number of nitrogens with two attached hydrogens (primary N) is 1. The molecule has 114 valence electrons. The number of aromatic nitrogens is 2. The van der Waals surface area contributed by atoms with Gasteiger partial charge in [-0.05, 0) is 24.6 Å². The van der Waals surface area contributed by atoms with Crippen molar-refractivity contribution in [2.24, 2.45) is 7.05 Å². The van der Waals surface area contributed by atoms with Crippen molar-refractivity contribution in [2.75, 3.05) is 12.8 Å². The predicted molar refractivity (Wildman–Crippen MR) is 77.4 cm³/mol. The molecule has 2 aromatic rings. The highest BCUT2D eigenvalue weighted by atomic mass is 32.2. The fourth-order valence-corrected chi connectivity index (χ4v) is 3.46. The first kappa shape index (κ1) is 15.5. The molecule has 0 saturated heterocycles. The van der Waals surface area contributed by atoms with Crippen LogP contribution < -0.4 is 5.73 Å². The summed E-state index contributed by atoms with van der Waals surface area (Å²) in [5.74, 6) is -0.391. The summed E-state index contributed by atoms with van der Waals surface area (Å²) in [5, 5.41) is 3.92. The molecule has 1 aromatic carbocycles. The largest absolute Gasteiger partial charge is 0.381 e. The molecule has 0 atom stereocenters. The van der Waals surface area contributed by atoms with E-state index < -0.39 is 10.0 Å². The number of aryl methyl sites for hydroxylation is 1. The molecule has 0 aliphatic carbocycles. The summed E-state index contributed by atoms with van der Waals surface area (Å²) >= 11 is 0. The smallest absolute Gasteiger partial charge is 0.248 e. The standard InChI is InChI=1S/C13H17FN4O2S/c1-9-12(13(15)16-18(9)3)21(19,20)17(2)8-10-4-6-11(14)7-5-10/h4-7H,8H2,1-3H3,(H2,15,16). The van der Waals surface area contributed by atoms with Crippen LogP contribution in [0.2, 0.25) is 0 Å². The Morgan fingerprint density at radius 1 is 1.33 bits per heavy atom. The number of nitrogen functional groups attached to an aromatic ring is 1. The van der Waals surface area contributed by atoms with Crippen LogP contribution in [0, 0.1) is 12.7 Å². The van der Waals surface area contributed by atoms with Crippen LogP contribution in [0.3, 0.4) is 0 Å². The van der Waals surface area contributed by atoms with Gasteiger partial charge in [-0.2, -0.15) is 9.40 Å². The third-order valence-electron chi connectivity index (χ3n) is 3.29. The molecule has 1 heterocycles. The SMILES string of the molecule is Cc1c(S(=O)(=O)N(C)Cc2ccc(F)cc2)c(N)nn1C. The van der Waals surface area contributed by atoms with Crippen LogP contribution in [-0.2, 0) is 23.6 Å². The van der Waals surface area contributed by atoms with E-state index in [4.69, 9.17) is 5.73 Å². The van der Waals surface area contributed by atoms with Gasteiger partial charge in [-0.3, -0.25) is 4.68 Å². The molecule has 0 spiro atoms. The van der Waals surface area contributed by atoms with E-state index in [1.807, 2.05) is 0 Å². The Labute approximate surface area is 123 Å². The van der Waals surface area contributed by atoms with Gasteiger partial charge in [-0.1, -0.05) is 12.1 Å². The van der Waals surface area contributed by atoms with Crippen molar-refractivity contribution in [3.63, 3.8) is 0 Å². The summed E-state index contributed by atoms with van der Waals surface area (Å²) < 4.78 is 40.6. The van der Waals surface area contributed by atoms with Gasteiger partial charge in [0.1, 0.15) is 10.7 Å². The van der Waals surface area contributed by atoms with E-state index in [0.29, 0.717) is 11.3 Å². The summed E-state index contributed by atoms with van der Waals surface area (Å²) in [7, 11) is -0.678. The molecule has 0 fully saturated rings. The van der Waals surface area contributed by atoms with E-state index in [2.05, 4.69) is 5.10 Å².